The number of carbonyl (C=O) groups excluding carboxylic acids is 1. The zero-order valence-corrected chi connectivity index (χ0v) is 15.8. The SMILES string of the molecule is COc1ccc(-c2nc(SC(C)C(=O)c3ccc(F)cc3)n[nH]2)c(OC)c1. The lowest BCUT2D eigenvalue weighted by molar-refractivity contribution is 0.0994. The fourth-order valence-electron chi connectivity index (χ4n) is 2.47. The van der Waals surface area contributed by atoms with E-state index < -0.39 is 5.25 Å². The highest BCUT2D eigenvalue weighted by Crippen LogP contribution is 2.32. The summed E-state index contributed by atoms with van der Waals surface area (Å²) >= 11 is 1.23. The highest BCUT2D eigenvalue weighted by atomic mass is 32.2. The Labute approximate surface area is 160 Å². The van der Waals surface area contributed by atoms with Crippen LogP contribution in [0.15, 0.2) is 47.6 Å². The Bertz CT molecular complexity index is 944. The molecule has 3 rings (SSSR count). The van der Waals surface area contributed by atoms with Crippen LogP contribution in [0.2, 0.25) is 0 Å². The smallest absolute Gasteiger partial charge is 0.209 e. The molecule has 0 aliphatic heterocycles. The molecule has 8 heteroatoms. The molecule has 6 nitrogen and oxygen atoms in total. The van der Waals surface area contributed by atoms with E-state index in [1.54, 1.807) is 33.3 Å². The van der Waals surface area contributed by atoms with Gasteiger partial charge in [-0.2, -0.15) is 0 Å². The number of ketones is 1. The molecule has 1 N–H and O–H groups in total. The molecule has 27 heavy (non-hydrogen) atoms. The number of thioether (sulfide) groups is 1. The van der Waals surface area contributed by atoms with Crippen molar-refractivity contribution in [2.24, 2.45) is 0 Å². The van der Waals surface area contributed by atoms with Gasteiger partial charge in [0.25, 0.3) is 0 Å². The third-order valence-electron chi connectivity index (χ3n) is 3.91. The van der Waals surface area contributed by atoms with Crippen molar-refractivity contribution in [1.82, 2.24) is 15.2 Å². The lowest BCUT2D eigenvalue weighted by Gasteiger charge is -2.08. The van der Waals surface area contributed by atoms with E-state index in [2.05, 4.69) is 15.2 Å². The second-order valence-corrected chi connectivity index (χ2v) is 6.97. The van der Waals surface area contributed by atoms with E-state index in [4.69, 9.17) is 9.47 Å². The lowest BCUT2D eigenvalue weighted by atomic mass is 10.1. The highest BCUT2D eigenvalue weighted by Gasteiger charge is 2.20. The Kier molecular flexibility index (Phi) is 5.75. The summed E-state index contributed by atoms with van der Waals surface area (Å²) in [4.78, 5) is 16.9. The van der Waals surface area contributed by atoms with Gasteiger partial charge in [-0.25, -0.2) is 9.37 Å². The first kappa shape index (κ1) is 18.9. The summed E-state index contributed by atoms with van der Waals surface area (Å²) in [5.74, 6) is 1.30. The number of Topliss-reactive ketones (excluding diaryl/α,β-unsaturated/α-hetero) is 1. The highest BCUT2D eigenvalue weighted by molar-refractivity contribution is 8.00. The van der Waals surface area contributed by atoms with Crippen molar-refractivity contribution in [3.05, 3.63) is 53.8 Å². The molecule has 0 saturated carbocycles. The second-order valence-electron chi connectivity index (χ2n) is 5.66. The van der Waals surface area contributed by atoms with Gasteiger partial charge in [-0.15, -0.1) is 5.10 Å². The summed E-state index contributed by atoms with van der Waals surface area (Å²) in [5.41, 5.74) is 1.18. The van der Waals surface area contributed by atoms with E-state index >= 15 is 0 Å². The van der Waals surface area contributed by atoms with Gasteiger partial charge in [0.1, 0.15) is 17.3 Å². The van der Waals surface area contributed by atoms with Crippen LogP contribution in [0.5, 0.6) is 11.5 Å². The monoisotopic (exact) mass is 387 g/mol. The van der Waals surface area contributed by atoms with E-state index in [0.717, 1.165) is 5.56 Å². The van der Waals surface area contributed by atoms with E-state index in [9.17, 15) is 9.18 Å². The average Bonchev–Trinajstić information content (AvgIpc) is 3.15. The van der Waals surface area contributed by atoms with Gasteiger partial charge >= 0.3 is 0 Å². The van der Waals surface area contributed by atoms with Crippen molar-refractivity contribution in [3.8, 4) is 22.9 Å². The molecule has 0 spiro atoms. The van der Waals surface area contributed by atoms with Crippen molar-refractivity contribution in [2.45, 2.75) is 17.3 Å². The number of aromatic nitrogens is 3. The molecular formula is C19H18FN3O3S. The van der Waals surface area contributed by atoms with Crippen molar-refractivity contribution >= 4 is 17.5 Å². The van der Waals surface area contributed by atoms with E-state index in [0.29, 0.717) is 28.0 Å². The van der Waals surface area contributed by atoms with Gasteiger partial charge in [0.2, 0.25) is 5.16 Å². The van der Waals surface area contributed by atoms with Crippen LogP contribution in [0.1, 0.15) is 17.3 Å². The summed E-state index contributed by atoms with van der Waals surface area (Å²) in [5, 5.41) is 7.05. The number of hydrogen-bond donors (Lipinski definition) is 1. The third-order valence-corrected chi connectivity index (χ3v) is 4.87. The maximum atomic E-state index is 13.0. The van der Waals surface area contributed by atoms with Crippen LogP contribution in [0.25, 0.3) is 11.4 Å². The quantitative estimate of drug-likeness (QED) is 0.488. The molecule has 3 aromatic rings. The molecule has 0 fully saturated rings. The Morgan fingerprint density at radius 1 is 1.15 bits per heavy atom. The molecule has 1 aromatic heterocycles. The van der Waals surface area contributed by atoms with Crippen LogP contribution in [-0.2, 0) is 0 Å². The first-order valence-electron chi connectivity index (χ1n) is 8.13. The van der Waals surface area contributed by atoms with Gasteiger partial charge in [-0.05, 0) is 43.3 Å². The number of hydrogen-bond acceptors (Lipinski definition) is 6. The number of ether oxygens (including phenoxy) is 2. The molecule has 1 heterocycles. The molecule has 0 amide bonds. The van der Waals surface area contributed by atoms with Crippen LogP contribution in [0.4, 0.5) is 4.39 Å². The number of rotatable bonds is 7. The molecule has 1 unspecified atom stereocenters. The van der Waals surface area contributed by atoms with Gasteiger partial charge in [-0.3, -0.25) is 9.89 Å². The van der Waals surface area contributed by atoms with Gasteiger partial charge in [0.15, 0.2) is 11.6 Å². The van der Waals surface area contributed by atoms with Crippen molar-refractivity contribution in [1.29, 1.82) is 0 Å². The van der Waals surface area contributed by atoms with Gasteiger partial charge < -0.3 is 9.47 Å². The number of halogens is 1. The molecule has 0 bridgehead atoms. The Morgan fingerprint density at radius 2 is 1.89 bits per heavy atom. The molecule has 1 atom stereocenters. The number of carbonyl (C=O) groups is 1. The zero-order valence-electron chi connectivity index (χ0n) is 15.0. The maximum Gasteiger partial charge on any atom is 0.209 e. The third kappa shape index (κ3) is 4.28. The fraction of sp³-hybridized carbons (Fsp3) is 0.211. The van der Waals surface area contributed by atoms with E-state index in [1.807, 2.05) is 6.07 Å². The molecule has 0 saturated heterocycles. The Balaban J connectivity index is 1.76. The minimum absolute atomic E-state index is 0.117. The summed E-state index contributed by atoms with van der Waals surface area (Å²) < 4.78 is 23.6. The number of H-pyrrole nitrogens is 1. The van der Waals surface area contributed by atoms with Gasteiger partial charge in [-0.1, -0.05) is 11.8 Å². The zero-order chi connectivity index (χ0) is 19.4. The molecule has 0 aliphatic carbocycles. The molecule has 140 valence electrons. The Hall–Kier alpha value is -2.87. The van der Waals surface area contributed by atoms with Crippen molar-refractivity contribution in [3.63, 3.8) is 0 Å². The largest absolute Gasteiger partial charge is 0.497 e. The van der Waals surface area contributed by atoms with Crippen LogP contribution in [0, 0.1) is 5.82 Å². The average molecular weight is 387 g/mol. The van der Waals surface area contributed by atoms with Gasteiger partial charge in [0.05, 0.1) is 25.0 Å². The number of nitrogens with zero attached hydrogens (tertiary/aromatic N) is 2. The summed E-state index contributed by atoms with van der Waals surface area (Å²) in [7, 11) is 3.14. The van der Waals surface area contributed by atoms with Crippen LogP contribution in [-0.4, -0.2) is 40.4 Å². The topological polar surface area (TPSA) is 77.1 Å². The number of methoxy groups -OCH3 is 2. The molecular weight excluding hydrogens is 369 g/mol. The predicted molar refractivity (Wildman–Crippen MR) is 101 cm³/mol. The maximum absolute atomic E-state index is 13.0. The fourth-order valence-corrected chi connectivity index (χ4v) is 3.28. The number of aromatic amines is 1. The first-order valence-corrected chi connectivity index (χ1v) is 9.01. The van der Waals surface area contributed by atoms with Crippen molar-refractivity contribution in [2.75, 3.05) is 14.2 Å². The predicted octanol–water partition coefficient (Wildman–Crippen LogP) is 3.99. The molecule has 0 radical (unpaired) electrons. The lowest BCUT2D eigenvalue weighted by Crippen LogP contribution is -2.13. The van der Waals surface area contributed by atoms with Crippen LogP contribution < -0.4 is 9.47 Å². The van der Waals surface area contributed by atoms with Crippen LogP contribution >= 0.6 is 11.8 Å². The Morgan fingerprint density at radius 3 is 2.56 bits per heavy atom. The van der Waals surface area contributed by atoms with Gasteiger partial charge in [0, 0.05) is 11.6 Å². The molecule has 0 aliphatic rings. The summed E-state index contributed by atoms with van der Waals surface area (Å²) in [6, 6.07) is 10.9. The molecule has 2 aromatic carbocycles. The number of benzene rings is 2. The summed E-state index contributed by atoms with van der Waals surface area (Å²) in [6.07, 6.45) is 0. The second kappa shape index (κ2) is 8.22. The normalized spacial score (nSPS) is 11.9. The minimum atomic E-state index is -0.420. The first-order chi connectivity index (χ1) is 13.0. The van der Waals surface area contributed by atoms with Crippen molar-refractivity contribution < 1.29 is 18.7 Å². The standard InChI is InChI=1S/C19H18FN3O3S/c1-11(17(24)12-4-6-13(20)7-5-12)27-19-21-18(22-23-19)15-9-8-14(25-2)10-16(15)26-3/h4-11H,1-3H3,(H,21,22,23). The number of nitrogens with one attached hydrogen (secondary N) is 1. The van der Waals surface area contributed by atoms with Crippen LogP contribution in [0.3, 0.4) is 0 Å². The van der Waals surface area contributed by atoms with E-state index in [1.165, 1.54) is 36.0 Å². The summed E-state index contributed by atoms with van der Waals surface area (Å²) in [6.45, 7) is 1.76. The minimum Gasteiger partial charge on any atom is -0.497 e. The van der Waals surface area contributed by atoms with E-state index in [-0.39, 0.29) is 11.6 Å².